The summed E-state index contributed by atoms with van der Waals surface area (Å²) in [6.07, 6.45) is 5.12. The van der Waals surface area contributed by atoms with E-state index in [9.17, 15) is 4.79 Å². The molecular formula is C14H14N2O2. The van der Waals surface area contributed by atoms with Crippen LogP contribution in [0.3, 0.4) is 0 Å². The van der Waals surface area contributed by atoms with Gasteiger partial charge < -0.3 is 15.1 Å². The Morgan fingerprint density at radius 3 is 3.11 bits per heavy atom. The molecule has 0 aliphatic carbocycles. The summed E-state index contributed by atoms with van der Waals surface area (Å²) in [5, 5.41) is 6.21. The SMILES string of the molecule is O=C(Nc1ccc2c(c1)CCCN2)c1ccoc1. The number of furan rings is 1. The maximum absolute atomic E-state index is 11.9. The fourth-order valence-electron chi connectivity index (χ4n) is 2.15. The number of aryl methyl sites for hydroxylation is 1. The summed E-state index contributed by atoms with van der Waals surface area (Å²) < 4.78 is 4.89. The number of benzene rings is 1. The number of carbonyl (C=O) groups excluding carboxylic acids is 1. The zero-order valence-corrected chi connectivity index (χ0v) is 9.90. The van der Waals surface area contributed by atoms with E-state index in [-0.39, 0.29) is 5.91 Å². The summed E-state index contributed by atoms with van der Waals surface area (Å²) in [6, 6.07) is 7.60. The molecule has 1 amide bonds. The Balaban J connectivity index is 1.79. The van der Waals surface area contributed by atoms with E-state index in [0.29, 0.717) is 5.56 Å². The highest BCUT2D eigenvalue weighted by Gasteiger charge is 2.11. The second kappa shape index (κ2) is 4.56. The van der Waals surface area contributed by atoms with Crippen molar-refractivity contribution in [3.63, 3.8) is 0 Å². The van der Waals surface area contributed by atoms with Crippen LogP contribution in [0.4, 0.5) is 11.4 Å². The van der Waals surface area contributed by atoms with Gasteiger partial charge in [0.15, 0.2) is 0 Å². The quantitative estimate of drug-likeness (QED) is 0.851. The molecule has 0 saturated heterocycles. The lowest BCUT2D eigenvalue weighted by molar-refractivity contribution is 0.102. The third-order valence-electron chi connectivity index (χ3n) is 3.08. The zero-order chi connectivity index (χ0) is 12.4. The minimum Gasteiger partial charge on any atom is -0.472 e. The van der Waals surface area contributed by atoms with E-state index in [4.69, 9.17) is 4.42 Å². The van der Waals surface area contributed by atoms with E-state index in [1.54, 1.807) is 6.07 Å². The number of anilines is 2. The molecular weight excluding hydrogens is 228 g/mol. The van der Waals surface area contributed by atoms with Crippen molar-refractivity contribution >= 4 is 17.3 Å². The fraction of sp³-hybridized carbons (Fsp3) is 0.214. The Morgan fingerprint density at radius 2 is 2.28 bits per heavy atom. The van der Waals surface area contributed by atoms with Gasteiger partial charge in [0.1, 0.15) is 6.26 Å². The minimum absolute atomic E-state index is 0.146. The topological polar surface area (TPSA) is 54.3 Å². The summed E-state index contributed by atoms with van der Waals surface area (Å²) in [6.45, 7) is 1.02. The van der Waals surface area contributed by atoms with E-state index in [1.807, 2.05) is 18.2 Å². The van der Waals surface area contributed by atoms with Crippen molar-refractivity contribution in [3.05, 3.63) is 47.9 Å². The Bertz CT molecular complexity index is 561. The van der Waals surface area contributed by atoms with Crippen LogP contribution in [0.25, 0.3) is 0 Å². The van der Waals surface area contributed by atoms with Gasteiger partial charge in [-0.15, -0.1) is 0 Å². The average Bonchev–Trinajstić information content (AvgIpc) is 2.92. The van der Waals surface area contributed by atoms with E-state index >= 15 is 0 Å². The van der Waals surface area contributed by atoms with Crippen LogP contribution in [0.15, 0.2) is 41.2 Å². The van der Waals surface area contributed by atoms with Gasteiger partial charge in [-0.3, -0.25) is 4.79 Å². The van der Waals surface area contributed by atoms with Crippen molar-refractivity contribution in [3.8, 4) is 0 Å². The Hall–Kier alpha value is -2.23. The lowest BCUT2D eigenvalue weighted by Crippen LogP contribution is -2.14. The first-order chi connectivity index (χ1) is 8.83. The number of hydrogen-bond acceptors (Lipinski definition) is 3. The Labute approximate surface area is 105 Å². The molecule has 4 nitrogen and oxygen atoms in total. The lowest BCUT2D eigenvalue weighted by Gasteiger charge is -2.18. The van der Waals surface area contributed by atoms with Crippen LogP contribution >= 0.6 is 0 Å². The lowest BCUT2D eigenvalue weighted by atomic mass is 10.0. The van der Waals surface area contributed by atoms with Gasteiger partial charge in [0.25, 0.3) is 5.91 Å². The van der Waals surface area contributed by atoms with Gasteiger partial charge in [0.05, 0.1) is 11.8 Å². The predicted octanol–water partition coefficient (Wildman–Crippen LogP) is 2.89. The standard InChI is InChI=1S/C14H14N2O2/c17-14(11-5-7-18-9-11)16-12-3-4-13-10(8-12)2-1-6-15-13/h3-5,7-9,15H,1-2,6H2,(H,16,17). The van der Waals surface area contributed by atoms with Crippen LogP contribution < -0.4 is 10.6 Å². The van der Waals surface area contributed by atoms with Gasteiger partial charge in [0, 0.05) is 17.9 Å². The van der Waals surface area contributed by atoms with Crippen LogP contribution in [0.5, 0.6) is 0 Å². The fourth-order valence-corrected chi connectivity index (χ4v) is 2.15. The van der Waals surface area contributed by atoms with Gasteiger partial charge in [-0.05, 0) is 42.7 Å². The highest BCUT2D eigenvalue weighted by atomic mass is 16.3. The summed E-state index contributed by atoms with van der Waals surface area (Å²) in [7, 11) is 0. The summed E-state index contributed by atoms with van der Waals surface area (Å²) in [5.41, 5.74) is 3.78. The van der Waals surface area contributed by atoms with Crippen LogP contribution in [0.1, 0.15) is 22.3 Å². The Morgan fingerprint density at radius 1 is 1.33 bits per heavy atom. The van der Waals surface area contributed by atoms with E-state index in [2.05, 4.69) is 10.6 Å². The number of hydrogen-bond donors (Lipinski definition) is 2. The molecule has 2 N–H and O–H groups in total. The number of fused-ring (bicyclic) bond motifs is 1. The largest absolute Gasteiger partial charge is 0.472 e. The molecule has 0 radical (unpaired) electrons. The van der Waals surface area contributed by atoms with Crippen molar-refractivity contribution in [1.29, 1.82) is 0 Å². The smallest absolute Gasteiger partial charge is 0.258 e. The van der Waals surface area contributed by atoms with Gasteiger partial charge in [-0.2, -0.15) is 0 Å². The molecule has 1 aliphatic rings. The molecule has 0 unspecified atom stereocenters. The first kappa shape index (κ1) is 10.9. The van der Waals surface area contributed by atoms with Crippen molar-refractivity contribution in [2.45, 2.75) is 12.8 Å². The van der Waals surface area contributed by atoms with E-state index < -0.39 is 0 Å². The van der Waals surface area contributed by atoms with Crippen molar-refractivity contribution in [2.24, 2.45) is 0 Å². The molecule has 0 atom stereocenters. The molecule has 1 aliphatic heterocycles. The predicted molar refractivity (Wildman–Crippen MR) is 69.9 cm³/mol. The number of carbonyl (C=O) groups is 1. The molecule has 18 heavy (non-hydrogen) atoms. The van der Waals surface area contributed by atoms with Crippen LogP contribution in [-0.4, -0.2) is 12.5 Å². The molecule has 0 spiro atoms. The van der Waals surface area contributed by atoms with Gasteiger partial charge in [-0.1, -0.05) is 0 Å². The number of rotatable bonds is 2. The molecule has 0 fully saturated rings. The van der Waals surface area contributed by atoms with Crippen molar-refractivity contribution < 1.29 is 9.21 Å². The highest BCUT2D eigenvalue weighted by molar-refractivity contribution is 6.04. The minimum atomic E-state index is -0.146. The molecule has 2 aromatic rings. The van der Waals surface area contributed by atoms with Gasteiger partial charge in [-0.25, -0.2) is 0 Å². The van der Waals surface area contributed by atoms with Gasteiger partial charge >= 0.3 is 0 Å². The van der Waals surface area contributed by atoms with Crippen LogP contribution in [0, 0.1) is 0 Å². The third-order valence-corrected chi connectivity index (χ3v) is 3.08. The van der Waals surface area contributed by atoms with Crippen LogP contribution in [-0.2, 0) is 6.42 Å². The molecule has 4 heteroatoms. The maximum Gasteiger partial charge on any atom is 0.258 e. The number of nitrogens with one attached hydrogen (secondary N) is 2. The molecule has 2 heterocycles. The summed E-state index contributed by atoms with van der Waals surface area (Å²) >= 11 is 0. The second-order valence-corrected chi connectivity index (χ2v) is 4.37. The van der Waals surface area contributed by atoms with E-state index in [1.165, 1.54) is 23.8 Å². The third kappa shape index (κ3) is 2.09. The first-order valence-corrected chi connectivity index (χ1v) is 6.03. The molecule has 0 saturated carbocycles. The summed E-state index contributed by atoms with van der Waals surface area (Å²) in [5.74, 6) is -0.146. The van der Waals surface area contributed by atoms with E-state index in [0.717, 1.165) is 25.1 Å². The van der Waals surface area contributed by atoms with Crippen molar-refractivity contribution in [2.75, 3.05) is 17.2 Å². The molecule has 1 aromatic carbocycles. The van der Waals surface area contributed by atoms with Crippen molar-refractivity contribution in [1.82, 2.24) is 0 Å². The second-order valence-electron chi connectivity index (χ2n) is 4.37. The highest BCUT2D eigenvalue weighted by Crippen LogP contribution is 2.25. The molecule has 92 valence electrons. The molecule has 0 bridgehead atoms. The van der Waals surface area contributed by atoms with Gasteiger partial charge in [0.2, 0.25) is 0 Å². The first-order valence-electron chi connectivity index (χ1n) is 6.03. The van der Waals surface area contributed by atoms with Crippen LogP contribution in [0.2, 0.25) is 0 Å². The summed E-state index contributed by atoms with van der Waals surface area (Å²) in [4.78, 5) is 11.9. The monoisotopic (exact) mass is 242 g/mol. The molecule has 1 aromatic heterocycles. The zero-order valence-electron chi connectivity index (χ0n) is 9.90. The maximum atomic E-state index is 11.9. The normalized spacial score (nSPS) is 13.6. The average molecular weight is 242 g/mol. The Kier molecular flexibility index (Phi) is 2.76. The number of amides is 1. The molecule has 3 rings (SSSR count).